The number of carbonyl (C=O) groups excluding carboxylic acids is 1. The quantitative estimate of drug-likeness (QED) is 0.753. The van der Waals surface area contributed by atoms with Crippen molar-refractivity contribution < 1.29 is 14.3 Å². The van der Waals surface area contributed by atoms with Crippen LogP contribution in [0.4, 0.5) is 10.1 Å². The van der Waals surface area contributed by atoms with Crippen molar-refractivity contribution in [3.8, 4) is 0 Å². The predicted octanol–water partition coefficient (Wildman–Crippen LogP) is 2.15. The van der Waals surface area contributed by atoms with E-state index in [-0.39, 0.29) is 24.9 Å². The number of benzene rings is 1. The lowest BCUT2D eigenvalue weighted by atomic mass is 9.79. The Labute approximate surface area is 124 Å². The van der Waals surface area contributed by atoms with Gasteiger partial charge in [-0.3, -0.25) is 4.79 Å². The number of hydrogen-bond donors (Lipinski definition) is 3. The van der Waals surface area contributed by atoms with Crippen LogP contribution in [0.1, 0.15) is 25.7 Å². The van der Waals surface area contributed by atoms with Crippen LogP contribution in [0, 0.1) is 17.7 Å². The monoisotopic (exact) mass is 294 g/mol. The van der Waals surface area contributed by atoms with Gasteiger partial charge in [-0.05, 0) is 55.5 Å². The number of carbonyl (C=O) groups is 1. The summed E-state index contributed by atoms with van der Waals surface area (Å²) in [5, 5.41) is 15.2. The highest BCUT2D eigenvalue weighted by Crippen LogP contribution is 2.28. The summed E-state index contributed by atoms with van der Waals surface area (Å²) in [7, 11) is 0. The Bertz CT molecular complexity index is 450. The van der Waals surface area contributed by atoms with E-state index >= 15 is 0 Å². The molecule has 0 aromatic heterocycles. The van der Waals surface area contributed by atoms with Gasteiger partial charge in [0, 0.05) is 12.3 Å². The number of nitrogens with one attached hydrogen (secondary N) is 2. The summed E-state index contributed by atoms with van der Waals surface area (Å²) in [6, 6.07) is 5.71. The lowest BCUT2D eigenvalue weighted by Crippen LogP contribution is -2.36. The van der Waals surface area contributed by atoms with Crippen molar-refractivity contribution in [2.24, 2.45) is 11.8 Å². The third kappa shape index (κ3) is 5.10. The Kier molecular flexibility index (Phi) is 6.14. The lowest BCUT2D eigenvalue weighted by Gasteiger charge is -2.30. The molecule has 21 heavy (non-hydrogen) atoms. The second-order valence-corrected chi connectivity index (χ2v) is 5.67. The minimum absolute atomic E-state index is 0.141. The average Bonchev–Trinajstić information content (AvgIpc) is 2.50. The van der Waals surface area contributed by atoms with Gasteiger partial charge in [0.15, 0.2) is 0 Å². The highest BCUT2D eigenvalue weighted by Gasteiger charge is 2.24. The van der Waals surface area contributed by atoms with Crippen LogP contribution in [-0.2, 0) is 4.79 Å². The molecule has 1 saturated carbocycles. The van der Waals surface area contributed by atoms with Crippen molar-refractivity contribution in [1.29, 1.82) is 0 Å². The summed E-state index contributed by atoms with van der Waals surface area (Å²) in [6.07, 6.45) is 4.57. The molecule has 2 atom stereocenters. The van der Waals surface area contributed by atoms with Crippen molar-refractivity contribution in [1.82, 2.24) is 5.32 Å². The number of hydrogen-bond acceptors (Lipinski definition) is 3. The van der Waals surface area contributed by atoms with Gasteiger partial charge >= 0.3 is 0 Å². The first-order chi connectivity index (χ1) is 10.2. The fourth-order valence-corrected chi connectivity index (χ4v) is 2.90. The maximum atomic E-state index is 12.8. The molecular formula is C16H23FN2O2. The van der Waals surface area contributed by atoms with Crippen molar-refractivity contribution in [2.75, 3.05) is 25.0 Å². The van der Waals surface area contributed by atoms with Gasteiger partial charge in [0.2, 0.25) is 5.91 Å². The zero-order valence-electron chi connectivity index (χ0n) is 12.1. The average molecular weight is 294 g/mol. The van der Waals surface area contributed by atoms with Crippen molar-refractivity contribution in [2.45, 2.75) is 25.7 Å². The van der Waals surface area contributed by atoms with Crippen LogP contribution >= 0.6 is 0 Å². The second-order valence-electron chi connectivity index (χ2n) is 5.67. The summed E-state index contributed by atoms with van der Waals surface area (Å²) >= 11 is 0. The molecule has 1 amide bonds. The van der Waals surface area contributed by atoms with Gasteiger partial charge in [0.25, 0.3) is 0 Å². The van der Waals surface area contributed by atoms with Gasteiger partial charge in [0.05, 0.1) is 6.54 Å². The summed E-state index contributed by atoms with van der Waals surface area (Å²) in [5.41, 5.74) is 0.592. The first kappa shape index (κ1) is 15.9. The zero-order valence-corrected chi connectivity index (χ0v) is 12.1. The van der Waals surface area contributed by atoms with E-state index in [4.69, 9.17) is 0 Å². The number of amides is 1. The first-order valence-electron chi connectivity index (χ1n) is 7.56. The molecule has 1 fully saturated rings. The minimum Gasteiger partial charge on any atom is -0.396 e. The van der Waals surface area contributed by atoms with E-state index in [9.17, 15) is 14.3 Å². The Morgan fingerprint density at radius 1 is 1.19 bits per heavy atom. The van der Waals surface area contributed by atoms with Gasteiger partial charge in [-0.15, -0.1) is 0 Å². The molecule has 0 saturated heterocycles. The number of anilines is 1. The van der Waals surface area contributed by atoms with Crippen molar-refractivity contribution >= 4 is 11.6 Å². The molecule has 0 heterocycles. The molecule has 2 unspecified atom stereocenters. The molecule has 1 aliphatic rings. The topological polar surface area (TPSA) is 61.4 Å². The predicted molar refractivity (Wildman–Crippen MR) is 80.4 cm³/mol. The molecule has 1 aliphatic carbocycles. The van der Waals surface area contributed by atoms with Crippen LogP contribution < -0.4 is 10.6 Å². The van der Waals surface area contributed by atoms with Crippen molar-refractivity contribution in [3.05, 3.63) is 30.1 Å². The number of aliphatic hydroxyl groups excluding tert-OH is 1. The number of aliphatic hydroxyl groups is 1. The molecule has 4 nitrogen and oxygen atoms in total. The largest absolute Gasteiger partial charge is 0.396 e. The molecule has 3 N–H and O–H groups in total. The van der Waals surface area contributed by atoms with E-state index in [0.717, 1.165) is 19.4 Å². The van der Waals surface area contributed by atoms with E-state index in [1.54, 1.807) is 0 Å². The molecule has 1 aromatic rings. The highest BCUT2D eigenvalue weighted by molar-refractivity contribution is 5.92. The van der Waals surface area contributed by atoms with Crippen LogP contribution in [0.15, 0.2) is 24.3 Å². The first-order valence-corrected chi connectivity index (χ1v) is 7.56. The van der Waals surface area contributed by atoms with E-state index in [1.807, 2.05) is 0 Å². The van der Waals surface area contributed by atoms with Gasteiger partial charge in [-0.25, -0.2) is 4.39 Å². The molecule has 0 spiro atoms. The molecule has 0 aliphatic heterocycles. The molecule has 116 valence electrons. The number of rotatable bonds is 6. The molecule has 5 heteroatoms. The van der Waals surface area contributed by atoms with E-state index < -0.39 is 0 Å². The smallest absolute Gasteiger partial charge is 0.238 e. The van der Waals surface area contributed by atoms with E-state index in [2.05, 4.69) is 10.6 Å². The van der Waals surface area contributed by atoms with Crippen LogP contribution in [0.5, 0.6) is 0 Å². The summed E-state index contributed by atoms with van der Waals surface area (Å²) in [5.74, 6) is 0.338. The maximum absolute atomic E-state index is 12.8. The van der Waals surface area contributed by atoms with Gasteiger partial charge in [-0.2, -0.15) is 0 Å². The minimum atomic E-state index is -0.321. The molecule has 1 aromatic carbocycles. The molecule has 0 bridgehead atoms. The van der Waals surface area contributed by atoms with E-state index in [1.165, 1.54) is 37.1 Å². The fraction of sp³-hybridized carbons (Fsp3) is 0.562. The van der Waals surface area contributed by atoms with Crippen LogP contribution in [0.3, 0.4) is 0 Å². The highest BCUT2D eigenvalue weighted by atomic mass is 19.1. The Balaban J connectivity index is 1.70. The van der Waals surface area contributed by atoms with Crippen LogP contribution in [-0.4, -0.2) is 30.7 Å². The molecular weight excluding hydrogens is 271 g/mol. The molecule has 0 radical (unpaired) electrons. The maximum Gasteiger partial charge on any atom is 0.238 e. The summed E-state index contributed by atoms with van der Waals surface area (Å²) in [6.45, 7) is 1.21. The Hall–Kier alpha value is -1.46. The Morgan fingerprint density at radius 3 is 2.52 bits per heavy atom. The van der Waals surface area contributed by atoms with Crippen LogP contribution in [0.25, 0.3) is 0 Å². The third-order valence-electron chi connectivity index (χ3n) is 4.12. The Morgan fingerprint density at radius 2 is 1.86 bits per heavy atom. The summed E-state index contributed by atoms with van der Waals surface area (Å²) < 4.78 is 12.8. The number of halogens is 1. The SMILES string of the molecule is O=C(CNCC1CCCCC1CO)Nc1ccc(F)cc1. The fourth-order valence-electron chi connectivity index (χ4n) is 2.90. The normalized spacial score (nSPS) is 22.0. The van der Waals surface area contributed by atoms with Crippen molar-refractivity contribution in [3.63, 3.8) is 0 Å². The van der Waals surface area contributed by atoms with Crippen LogP contribution in [0.2, 0.25) is 0 Å². The van der Waals surface area contributed by atoms with E-state index in [0.29, 0.717) is 17.5 Å². The molecule has 2 rings (SSSR count). The van der Waals surface area contributed by atoms with Gasteiger partial charge in [-0.1, -0.05) is 12.8 Å². The third-order valence-corrected chi connectivity index (χ3v) is 4.12. The zero-order chi connectivity index (χ0) is 15.1. The standard InChI is InChI=1S/C16H23FN2O2/c17-14-5-7-15(8-6-14)19-16(21)10-18-9-12-3-1-2-4-13(12)11-20/h5-8,12-13,18,20H,1-4,9-11H2,(H,19,21). The summed E-state index contributed by atoms with van der Waals surface area (Å²) in [4.78, 5) is 11.8. The lowest BCUT2D eigenvalue weighted by molar-refractivity contribution is -0.115. The second kappa shape index (κ2) is 8.10. The van der Waals surface area contributed by atoms with Gasteiger partial charge < -0.3 is 15.7 Å². The van der Waals surface area contributed by atoms with Gasteiger partial charge in [0.1, 0.15) is 5.82 Å².